The molecule has 4 aromatic rings. The van der Waals surface area contributed by atoms with Gasteiger partial charge in [-0.2, -0.15) is 0 Å². The third-order valence-electron chi connectivity index (χ3n) is 4.69. The summed E-state index contributed by atoms with van der Waals surface area (Å²) in [7, 11) is 3.24. The van der Waals surface area contributed by atoms with Crippen molar-refractivity contribution in [3.05, 3.63) is 67.1 Å². The van der Waals surface area contributed by atoms with E-state index in [9.17, 15) is 0 Å². The van der Waals surface area contributed by atoms with Crippen molar-refractivity contribution in [1.82, 2.24) is 15.0 Å². The van der Waals surface area contributed by atoms with Gasteiger partial charge in [-0.1, -0.05) is 5.92 Å². The van der Waals surface area contributed by atoms with Crippen molar-refractivity contribution >= 4 is 22.4 Å². The first-order chi connectivity index (χ1) is 14.7. The number of benzene rings is 2. The SMILES string of the molecule is C#CCN(c1cc(OC)cc(OC)c1)c1ccc2ncc(-c3cccnc3)nc2c1. The Morgan fingerprint density at radius 2 is 1.73 bits per heavy atom. The summed E-state index contributed by atoms with van der Waals surface area (Å²) in [5.74, 6) is 4.10. The van der Waals surface area contributed by atoms with E-state index in [1.807, 2.05) is 53.4 Å². The Kier molecular flexibility index (Phi) is 5.44. The second-order valence-corrected chi connectivity index (χ2v) is 6.53. The number of hydrogen-bond donors (Lipinski definition) is 0. The van der Waals surface area contributed by atoms with Crippen LogP contribution in [0.3, 0.4) is 0 Å². The maximum Gasteiger partial charge on any atom is 0.124 e. The molecule has 0 amide bonds. The number of methoxy groups -OCH3 is 2. The summed E-state index contributed by atoms with van der Waals surface area (Å²) >= 11 is 0. The highest BCUT2D eigenvalue weighted by molar-refractivity contribution is 5.83. The molecule has 0 radical (unpaired) electrons. The van der Waals surface area contributed by atoms with Crippen molar-refractivity contribution in [3.8, 4) is 35.1 Å². The molecule has 30 heavy (non-hydrogen) atoms. The van der Waals surface area contributed by atoms with Gasteiger partial charge in [0, 0.05) is 47.5 Å². The number of hydrogen-bond acceptors (Lipinski definition) is 6. The van der Waals surface area contributed by atoms with Crippen LogP contribution in [0.1, 0.15) is 0 Å². The third-order valence-corrected chi connectivity index (χ3v) is 4.69. The second-order valence-electron chi connectivity index (χ2n) is 6.53. The van der Waals surface area contributed by atoms with Crippen molar-refractivity contribution in [2.75, 3.05) is 25.7 Å². The van der Waals surface area contributed by atoms with E-state index >= 15 is 0 Å². The molecule has 6 heteroatoms. The van der Waals surface area contributed by atoms with Crippen LogP contribution in [-0.2, 0) is 0 Å². The van der Waals surface area contributed by atoms with E-state index in [0.29, 0.717) is 18.0 Å². The zero-order valence-electron chi connectivity index (χ0n) is 16.7. The molecule has 0 atom stereocenters. The molecule has 6 nitrogen and oxygen atoms in total. The lowest BCUT2D eigenvalue weighted by molar-refractivity contribution is 0.394. The number of anilines is 2. The normalized spacial score (nSPS) is 10.4. The Labute approximate surface area is 175 Å². The highest BCUT2D eigenvalue weighted by Gasteiger charge is 2.13. The van der Waals surface area contributed by atoms with Crippen LogP contribution in [0.25, 0.3) is 22.3 Å². The van der Waals surface area contributed by atoms with Crippen molar-refractivity contribution < 1.29 is 9.47 Å². The van der Waals surface area contributed by atoms with Gasteiger partial charge in [-0.25, -0.2) is 4.98 Å². The zero-order chi connectivity index (χ0) is 20.9. The van der Waals surface area contributed by atoms with E-state index in [-0.39, 0.29) is 0 Å². The molecule has 4 rings (SSSR count). The van der Waals surface area contributed by atoms with Crippen molar-refractivity contribution in [2.45, 2.75) is 0 Å². The van der Waals surface area contributed by atoms with E-state index in [4.69, 9.17) is 20.9 Å². The van der Waals surface area contributed by atoms with Gasteiger partial charge in [-0.15, -0.1) is 6.42 Å². The van der Waals surface area contributed by atoms with Gasteiger partial charge in [0.15, 0.2) is 0 Å². The fourth-order valence-electron chi connectivity index (χ4n) is 3.19. The molecule has 0 bridgehead atoms. The average molecular weight is 396 g/mol. The third kappa shape index (κ3) is 3.87. The minimum Gasteiger partial charge on any atom is -0.497 e. The van der Waals surface area contributed by atoms with Crippen LogP contribution in [0.4, 0.5) is 11.4 Å². The molecule has 0 N–H and O–H groups in total. The molecule has 0 saturated heterocycles. The first-order valence-electron chi connectivity index (χ1n) is 9.33. The molecular weight excluding hydrogens is 376 g/mol. The number of fused-ring (bicyclic) bond motifs is 1. The fraction of sp³-hybridized carbons (Fsp3) is 0.125. The molecule has 0 saturated carbocycles. The van der Waals surface area contributed by atoms with Gasteiger partial charge < -0.3 is 14.4 Å². The van der Waals surface area contributed by atoms with Gasteiger partial charge >= 0.3 is 0 Å². The van der Waals surface area contributed by atoms with Crippen LogP contribution in [-0.4, -0.2) is 35.7 Å². The van der Waals surface area contributed by atoms with Gasteiger partial charge in [-0.3, -0.25) is 9.97 Å². The highest BCUT2D eigenvalue weighted by atomic mass is 16.5. The second kappa shape index (κ2) is 8.50. The number of ether oxygens (including phenoxy) is 2. The predicted octanol–water partition coefficient (Wildman–Crippen LogP) is 4.48. The molecule has 2 aromatic carbocycles. The maximum atomic E-state index is 5.67. The number of nitrogens with zero attached hydrogens (tertiary/aromatic N) is 4. The molecule has 2 heterocycles. The van der Waals surface area contributed by atoms with Gasteiger partial charge in [-0.05, 0) is 30.3 Å². The minimum atomic E-state index is 0.373. The molecular formula is C24H20N4O2. The standard InChI is InChI=1S/C24H20N4O2/c1-4-10-28(19-11-20(29-2)14-21(12-19)30-3)18-7-8-22-23(13-18)27-24(16-26-22)17-6-5-9-25-15-17/h1,5-9,11-16H,10H2,2-3H3. The number of terminal acetylenes is 1. The van der Waals surface area contributed by atoms with E-state index in [0.717, 1.165) is 33.7 Å². The smallest absolute Gasteiger partial charge is 0.124 e. The average Bonchev–Trinajstić information content (AvgIpc) is 2.82. The predicted molar refractivity (Wildman–Crippen MR) is 118 cm³/mol. The summed E-state index contributed by atoms with van der Waals surface area (Å²) < 4.78 is 10.8. The lowest BCUT2D eigenvalue weighted by Gasteiger charge is -2.24. The van der Waals surface area contributed by atoms with Crippen molar-refractivity contribution in [3.63, 3.8) is 0 Å². The Morgan fingerprint density at radius 1 is 0.933 bits per heavy atom. The number of rotatable bonds is 6. The number of aromatic nitrogens is 3. The van der Waals surface area contributed by atoms with Crippen LogP contribution in [0, 0.1) is 12.3 Å². The van der Waals surface area contributed by atoms with Crippen molar-refractivity contribution in [1.29, 1.82) is 0 Å². The molecule has 0 aliphatic rings. The molecule has 0 fully saturated rings. The molecule has 0 aliphatic heterocycles. The zero-order valence-corrected chi connectivity index (χ0v) is 16.7. The first-order valence-corrected chi connectivity index (χ1v) is 9.33. The molecule has 2 aromatic heterocycles. The van der Waals surface area contributed by atoms with Crippen LogP contribution in [0.15, 0.2) is 67.1 Å². The summed E-state index contributed by atoms with van der Waals surface area (Å²) in [6, 6.07) is 15.4. The molecule has 0 spiro atoms. The van der Waals surface area contributed by atoms with Crippen molar-refractivity contribution in [2.24, 2.45) is 0 Å². The quantitative estimate of drug-likeness (QED) is 0.448. The lowest BCUT2D eigenvalue weighted by Crippen LogP contribution is -2.17. The summed E-state index contributed by atoms with van der Waals surface area (Å²) in [6.07, 6.45) is 10.9. The van der Waals surface area contributed by atoms with Crippen LogP contribution >= 0.6 is 0 Å². The Morgan fingerprint density at radius 3 is 2.40 bits per heavy atom. The molecule has 0 unspecified atom stereocenters. The molecule has 0 aliphatic carbocycles. The lowest BCUT2D eigenvalue weighted by atomic mass is 10.2. The Hall–Kier alpha value is -4.11. The summed E-state index contributed by atoms with van der Waals surface area (Å²) in [4.78, 5) is 15.5. The van der Waals surface area contributed by atoms with Gasteiger partial charge in [0.25, 0.3) is 0 Å². The van der Waals surface area contributed by atoms with E-state index in [2.05, 4.69) is 15.9 Å². The maximum absolute atomic E-state index is 5.67. The van der Waals surface area contributed by atoms with E-state index < -0.39 is 0 Å². The minimum absolute atomic E-state index is 0.373. The molecule has 148 valence electrons. The van der Waals surface area contributed by atoms with Crippen LogP contribution in [0.2, 0.25) is 0 Å². The van der Waals surface area contributed by atoms with Gasteiger partial charge in [0.2, 0.25) is 0 Å². The van der Waals surface area contributed by atoms with Gasteiger partial charge in [0.05, 0.1) is 43.7 Å². The Balaban J connectivity index is 1.80. The van der Waals surface area contributed by atoms with Gasteiger partial charge in [0.1, 0.15) is 11.5 Å². The number of pyridine rings is 1. The van der Waals surface area contributed by atoms with Crippen LogP contribution in [0.5, 0.6) is 11.5 Å². The van der Waals surface area contributed by atoms with Crippen LogP contribution < -0.4 is 14.4 Å². The summed E-state index contributed by atoms with van der Waals surface area (Å²) in [5, 5.41) is 0. The fourth-order valence-corrected chi connectivity index (χ4v) is 3.19. The first kappa shape index (κ1) is 19.2. The topological polar surface area (TPSA) is 60.4 Å². The van der Waals surface area contributed by atoms with E-state index in [1.165, 1.54) is 0 Å². The summed E-state index contributed by atoms with van der Waals surface area (Å²) in [6.45, 7) is 0.373. The Bertz CT molecular complexity index is 1200. The monoisotopic (exact) mass is 396 g/mol. The van der Waals surface area contributed by atoms with E-state index in [1.54, 1.807) is 32.8 Å². The summed E-state index contributed by atoms with van der Waals surface area (Å²) in [5.41, 5.74) is 5.00. The highest BCUT2D eigenvalue weighted by Crippen LogP contribution is 2.33. The largest absolute Gasteiger partial charge is 0.497 e.